The van der Waals surface area contributed by atoms with Gasteiger partial charge in [-0.1, -0.05) is 60.7 Å². The third-order valence-electron chi connectivity index (χ3n) is 16.5. The number of aromatic nitrogens is 2. The van der Waals surface area contributed by atoms with Crippen LogP contribution in [0, 0.1) is 113 Å². The van der Waals surface area contributed by atoms with Crippen molar-refractivity contribution in [1.29, 1.82) is 52.6 Å². The molecule has 0 aliphatic carbocycles. The summed E-state index contributed by atoms with van der Waals surface area (Å²) >= 11 is 0. The second-order valence-electron chi connectivity index (χ2n) is 21.5. The Bertz CT molecular complexity index is 5640. The van der Waals surface area contributed by atoms with E-state index in [1.165, 1.54) is 36.4 Å². The zero-order valence-electron chi connectivity index (χ0n) is 47.6. The summed E-state index contributed by atoms with van der Waals surface area (Å²) in [4.78, 5) is 0. The largest absolute Gasteiger partial charge is 0.417 e. The second-order valence-corrected chi connectivity index (χ2v) is 21.5. The molecule has 0 aliphatic rings. The molecule has 2 heterocycles. The quantitative estimate of drug-likeness (QED) is 0.139. The van der Waals surface area contributed by atoms with Crippen molar-refractivity contribution >= 4 is 43.6 Å². The molecular weight excluding hydrogens is 1150 g/mol. The smallest absolute Gasteiger partial charge is 0.309 e. The second kappa shape index (κ2) is 22.5. The lowest BCUT2D eigenvalue weighted by Gasteiger charge is -2.21. The Morgan fingerprint density at radius 2 is 0.500 bits per heavy atom. The van der Waals surface area contributed by atoms with Gasteiger partial charge in [0.05, 0.1) is 155 Å². The van der Waals surface area contributed by atoms with Crippen molar-refractivity contribution in [1.82, 2.24) is 9.13 Å². The molecule has 0 saturated heterocycles. The molecule has 13 rings (SSSR count). The predicted octanol–water partition coefficient (Wildman–Crippen LogP) is 17.6. The maximum atomic E-state index is 15.4. The third kappa shape index (κ3) is 9.52. The first-order valence-corrected chi connectivity index (χ1v) is 28.0. The van der Waals surface area contributed by atoms with Crippen molar-refractivity contribution in [2.24, 2.45) is 0 Å². The van der Waals surface area contributed by atoms with Crippen molar-refractivity contribution in [2.75, 3.05) is 0 Å². The van der Waals surface area contributed by atoms with Crippen molar-refractivity contribution in [3.05, 3.63) is 261 Å². The Balaban J connectivity index is 1.15. The molecule has 15 heteroatoms. The molecule has 0 atom stereocenters. The number of fused-ring (bicyclic) bond motifs is 6. The van der Waals surface area contributed by atoms with Gasteiger partial charge >= 0.3 is 6.18 Å². The van der Waals surface area contributed by atoms with E-state index in [-0.39, 0.29) is 55.6 Å². The van der Waals surface area contributed by atoms with Crippen LogP contribution in [0.3, 0.4) is 0 Å². The van der Waals surface area contributed by atoms with E-state index >= 15 is 13.2 Å². The predicted molar refractivity (Wildman–Crippen MR) is 340 cm³/mol. The highest BCUT2D eigenvalue weighted by Gasteiger charge is 2.35. The SMILES string of the molecule is N#Cc1ccc(-c2ccc3c(c2)c2cc(-c4ccc(C#N)cc4C#N)ccc2n3-c2ccc(C#N)cc2-c2cc(-c3ccc(C#N)cc3C(F)(F)F)ccc2-n2c3ccc(-c4ccc(C#N)cc4C#N)cc3c3cc(-c4ccc(C#N)cc4C#N)ccc32)c(C#N)c1. The van der Waals surface area contributed by atoms with Crippen LogP contribution < -0.4 is 0 Å². The highest BCUT2D eigenvalue weighted by Crippen LogP contribution is 2.47. The van der Waals surface area contributed by atoms with Crippen LogP contribution in [0.2, 0.25) is 0 Å². The monoisotopic (exact) mass is 1180 g/mol. The van der Waals surface area contributed by atoms with Gasteiger partial charge in [-0.25, -0.2) is 0 Å². The van der Waals surface area contributed by atoms with Crippen LogP contribution >= 0.6 is 0 Å². The average Bonchev–Trinajstić information content (AvgIpc) is 1.59. The first-order valence-electron chi connectivity index (χ1n) is 28.0. The molecule has 0 radical (unpaired) electrons. The standard InChI is InChI=1S/C77H33F3N12/c78-77(79,80)70-28-49(39-86)5-16-63(70)54-11-22-72(92-75-20-9-52(61-14-3-46(36-83)25-57(61)42-89)31-68(75)69-32-53(10-21-76(69)92)62-15-4-47(37-84)26-58(62)43-90)65(33-54)64-27-48(38-85)6-17-71(64)91-73-18-7-50(59-12-1-44(34-81)23-55(59)40-87)29-66(73)67-30-51(8-19-74(67)91)60-13-2-45(35-82)24-56(60)41-88/h1-33H. The summed E-state index contributed by atoms with van der Waals surface area (Å²) in [6.07, 6.45) is -4.92. The lowest BCUT2D eigenvalue weighted by molar-refractivity contribution is -0.137. The Hall–Kier alpha value is -14.3. The van der Waals surface area contributed by atoms with E-state index in [0.717, 1.165) is 6.07 Å². The third-order valence-corrected chi connectivity index (χ3v) is 16.5. The van der Waals surface area contributed by atoms with Crippen LogP contribution in [0.15, 0.2) is 200 Å². The summed E-state index contributed by atoms with van der Waals surface area (Å²) in [7, 11) is 0. The zero-order valence-corrected chi connectivity index (χ0v) is 47.6. The van der Waals surface area contributed by atoms with Crippen LogP contribution in [-0.4, -0.2) is 9.13 Å². The minimum absolute atomic E-state index is 0.108. The number of rotatable bonds is 8. The number of nitrogens with zero attached hydrogens (tertiary/aromatic N) is 12. The van der Waals surface area contributed by atoms with Gasteiger partial charge in [-0.15, -0.1) is 0 Å². The Morgan fingerprint density at radius 1 is 0.239 bits per heavy atom. The number of halogens is 3. The first-order chi connectivity index (χ1) is 44.7. The van der Waals surface area contributed by atoms with Crippen LogP contribution in [0.4, 0.5) is 13.2 Å². The summed E-state index contributed by atoms with van der Waals surface area (Å²) in [5.41, 5.74) is 9.58. The molecule has 92 heavy (non-hydrogen) atoms. The molecule has 0 unspecified atom stereocenters. The maximum absolute atomic E-state index is 15.4. The summed E-state index contributed by atoms with van der Waals surface area (Å²) in [5.74, 6) is 0. The number of alkyl halides is 3. The molecular formula is C77H33F3N12. The van der Waals surface area contributed by atoms with E-state index in [2.05, 4.69) is 54.6 Å². The van der Waals surface area contributed by atoms with Gasteiger partial charge in [0, 0.05) is 32.7 Å². The zero-order chi connectivity index (χ0) is 64.1. The van der Waals surface area contributed by atoms with Crippen LogP contribution in [0.5, 0.6) is 0 Å². The molecule has 11 aromatic carbocycles. The molecule has 0 aliphatic heterocycles. The highest BCUT2D eigenvalue weighted by molar-refractivity contribution is 6.14. The highest BCUT2D eigenvalue weighted by atomic mass is 19.4. The number of hydrogen-bond acceptors (Lipinski definition) is 10. The molecule has 422 valence electrons. The molecule has 0 saturated carbocycles. The van der Waals surface area contributed by atoms with Crippen LogP contribution in [0.1, 0.15) is 61.2 Å². The lowest BCUT2D eigenvalue weighted by Crippen LogP contribution is -2.08. The van der Waals surface area contributed by atoms with Crippen molar-refractivity contribution in [3.8, 4) is 139 Å². The molecule has 0 N–H and O–H groups in total. The fraction of sp³-hybridized carbons (Fsp3) is 0.0130. The van der Waals surface area contributed by atoms with Crippen LogP contribution in [0.25, 0.3) is 122 Å². The van der Waals surface area contributed by atoms with Gasteiger partial charge in [-0.2, -0.15) is 65.8 Å². The van der Waals surface area contributed by atoms with Gasteiger partial charge in [0.1, 0.15) is 0 Å². The Labute approximate surface area is 522 Å². The van der Waals surface area contributed by atoms with Gasteiger partial charge in [0.2, 0.25) is 0 Å². The minimum atomic E-state index is -4.92. The van der Waals surface area contributed by atoms with Gasteiger partial charge in [0.25, 0.3) is 0 Å². The topological polar surface area (TPSA) is 248 Å². The minimum Gasteiger partial charge on any atom is -0.309 e. The van der Waals surface area contributed by atoms with E-state index < -0.39 is 11.7 Å². The van der Waals surface area contributed by atoms with Gasteiger partial charge in [0.15, 0.2) is 0 Å². The van der Waals surface area contributed by atoms with Gasteiger partial charge in [-0.3, -0.25) is 0 Å². The summed E-state index contributed by atoms with van der Waals surface area (Å²) in [5, 5.41) is 104. The fourth-order valence-electron chi connectivity index (χ4n) is 12.3. The number of nitriles is 10. The van der Waals surface area contributed by atoms with E-state index in [4.69, 9.17) is 0 Å². The molecule has 0 amide bonds. The van der Waals surface area contributed by atoms with E-state index in [9.17, 15) is 52.6 Å². The van der Waals surface area contributed by atoms with E-state index in [1.807, 2.05) is 88.0 Å². The fourth-order valence-corrected chi connectivity index (χ4v) is 12.3. The Morgan fingerprint density at radius 3 is 0.815 bits per heavy atom. The molecule has 0 spiro atoms. The van der Waals surface area contributed by atoms with Crippen LogP contribution in [-0.2, 0) is 6.18 Å². The molecule has 13 aromatic rings. The first kappa shape index (κ1) is 56.8. The molecule has 0 bridgehead atoms. The molecule has 12 nitrogen and oxygen atoms in total. The average molecular weight is 1180 g/mol. The van der Waals surface area contributed by atoms with Gasteiger partial charge in [-0.05, 0) is 195 Å². The number of benzene rings is 11. The summed E-state index contributed by atoms with van der Waals surface area (Å²) < 4.78 is 50.1. The van der Waals surface area contributed by atoms with E-state index in [1.54, 1.807) is 84.9 Å². The van der Waals surface area contributed by atoms with Crippen molar-refractivity contribution < 1.29 is 13.2 Å². The van der Waals surface area contributed by atoms with Crippen molar-refractivity contribution in [2.45, 2.75) is 6.18 Å². The lowest BCUT2D eigenvalue weighted by atomic mass is 9.92. The summed E-state index contributed by atoms with van der Waals surface area (Å²) in [6.45, 7) is 0. The normalized spacial score (nSPS) is 10.9. The Kier molecular flexibility index (Phi) is 13.9. The summed E-state index contributed by atoms with van der Waals surface area (Å²) in [6, 6.07) is 76.4. The van der Waals surface area contributed by atoms with E-state index in [0.29, 0.717) is 122 Å². The van der Waals surface area contributed by atoms with Crippen molar-refractivity contribution in [3.63, 3.8) is 0 Å². The number of hydrogen-bond donors (Lipinski definition) is 0. The molecule has 2 aromatic heterocycles. The molecule has 0 fully saturated rings. The van der Waals surface area contributed by atoms with Gasteiger partial charge < -0.3 is 9.13 Å². The maximum Gasteiger partial charge on any atom is 0.417 e.